The van der Waals surface area contributed by atoms with Crippen molar-refractivity contribution in [1.82, 2.24) is 0 Å². The van der Waals surface area contributed by atoms with Crippen molar-refractivity contribution in [2.24, 2.45) is 0 Å². The van der Waals surface area contributed by atoms with Crippen LogP contribution in [-0.4, -0.2) is 10.2 Å². The highest BCUT2D eigenvalue weighted by molar-refractivity contribution is 5.92. The van der Waals surface area contributed by atoms with E-state index in [4.69, 9.17) is 0 Å². The molecule has 2 heteroatoms. The van der Waals surface area contributed by atoms with Gasteiger partial charge in [-0.25, -0.2) is 0 Å². The van der Waals surface area contributed by atoms with Crippen LogP contribution in [0.4, 0.5) is 0 Å². The lowest BCUT2D eigenvalue weighted by Gasteiger charge is -2.05. The molecule has 2 aromatic carbocycles. The fourth-order valence-corrected chi connectivity index (χ4v) is 1.52. The number of phenolic OH excluding ortho intramolecular Hbond substituents is 2. The zero-order valence-corrected chi connectivity index (χ0v) is 7.28. The third kappa shape index (κ3) is 1.11. The van der Waals surface area contributed by atoms with Crippen molar-refractivity contribution in [3.63, 3.8) is 0 Å². The van der Waals surface area contributed by atoms with Gasteiger partial charge in [-0.1, -0.05) is 24.3 Å². The zero-order chi connectivity index (χ0) is 9.42. The number of aryl methyl sites for hydroxylation is 1. The number of benzene rings is 2. The van der Waals surface area contributed by atoms with Crippen LogP contribution in [0.2, 0.25) is 0 Å². The minimum atomic E-state index is -0.0591. The van der Waals surface area contributed by atoms with E-state index in [1.165, 1.54) is 0 Å². The molecule has 0 aliphatic carbocycles. The normalized spacial score (nSPS) is 10.5. The molecule has 0 radical (unpaired) electrons. The largest absolute Gasteiger partial charge is 0.504 e. The maximum Gasteiger partial charge on any atom is 0.165 e. The van der Waals surface area contributed by atoms with Crippen LogP contribution in [-0.2, 0) is 0 Å². The van der Waals surface area contributed by atoms with Crippen LogP contribution < -0.4 is 0 Å². The number of phenols is 2. The first-order chi connectivity index (χ1) is 6.20. The quantitative estimate of drug-likeness (QED) is 0.602. The van der Waals surface area contributed by atoms with Gasteiger partial charge in [-0.3, -0.25) is 0 Å². The highest BCUT2D eigenvalue weighted by atomic mass is 16.3. The standard InChI is InChI=1S/C11H10O2/c1-7-6-10(12)11(13)9-5-3-2-4-8(7)9/h2-6,12-13H,1H3. The Kier molecular flexibility index (Phi) is 1.62. The lowest BCUT2D eigenvalue weighted by Crippen LogP contribution is -1.79. The number of fused-ring (bicyclic) bond motifs is 1. The molecule has 13 heavy (non-hydrogen) atoms. The molecule has 0 aromatic heterocycles. The molecule has 0 amide bonds. The van der Waals surface area contributed by atoms with Gasteiger partial charge in [0.05, 0.1) is 0 Å². The lowest BCUT2D eigenvalue weighted by molar-refractivity contribution is 0.408. The maximum absolute atomic E-state index is 9.53. The molecular formula is C11H10O2. The van der Waals surface area contributed by atoms with Gasteiger partial charge in [0.25, 0.3) is 0 Å². The van der Waals surface area contributed by atoms with Crippen molar-refractivity contribution in [3.05, 3.63) is 35.9 Å². The Hall–Kier alpha value is -1.70. The molecule has 2 N–H and O–H groups in total. The average Bonchev–Trinajstić information content (AvgIpc) is 2.15. The third-order valence-electron chi connectivity index (χ3n) is 2.20. The highest BCUT2D eigenvalue weighted by Gasteiger charge is 2.06. The fraction of sp³-hybridized carbons (Fsp3) is 0.0909. The Morgan fingerprint density at radius 1 is 1.00 bits per heavy atom. The van der Waals surface area contributed by atoms with E-state index >= 15 is 0 Å². The molecule has 0 atom stereocenters. The number of aromatic hydroxyl groups is 2. The van der Waals surface area contributed by atoms with Crippen LogP contribution in [0.5, 0.6) is 11.5 Å². The fourth-order valence-electron chi connectivity index (χ4n) is 1.52. The molecule has 0 bridgehead atoms. The molecule has 0 spiro atoms. The summed E-state index contributed by atoms with van der Waals surface area (Å²) in [7, 11) is 0. The summed E-state index contributed by atoms with van der Waals surface area (Å²) in [5.74, 6) is -0.0996. The molecule has 2 aromatic rings. The van der Waals surface area contributed by atoms with Crippen LogP contribution in [0.1, 0.15) is 5.56 Å². The van der Waals surface area contributed by atoms with Gasteiger partial charge in [-0.05, 0) is 23.9 Å². The second-order valence-corrected chi connectivity index (χ2v) is 3.11. The van der Waals surface area contributed by atoms with Crippen LogP contribution >= 0.6 is 0 Å². The smallest absolute Gasteiger partial charge is 0.165 e. The van der Waals surface area contributed by atoms with Crippen LogP contribution in [0.3, 0.4) is 0 Å². The van der Waals surface area contributed by atoms with Gasteiger partial charge in [0.1, 0.15) is 0 Å². The number of hydrogen-bond donors (Lipinski definition) is 2. The monoisotopic (exact) mass is 174 g/mol. The van der Waals surface area contributed by atoms with Crippen LogP contribution in [0, 0.1) is 6.92 Å². The van der Waals surface area contributed by atoms with Crippen molar-refractivity contribution in [2.75, 3.05) is 0 Å². The first-order valence-corrected chi connectivity index (χ1v) is 4.10. The Bertz CT molecular complexity index is 461. The van der Waals surface area contributed by atoms with Gasteiger partial charge in [-0.15, -0.1) is 0 Å². The molecule has 0 fully saturated rings. The molecule has 2 nitrogen and oxygen atoms in total. The summed E-state index contributed by atoms with van der Waals surface area (Å²) >= 11 is 0. The molecule has 0 aliphatic heterocycles. The topological polar surface area (TPSA) is 40.5 Å². The Morgan fingerprint density at radius 2 is 1.62 bits per heavy atom. The summed E-state index contributed by atoms with van der Waals surface area (Å²) in [6.45, 7) is 1.90. The predicted molar refractivity (Wildman–Crippen MR) is 52.0 cm³/mol. The highest BCUT2D eigenvalue weighted by Crippen LogP contribution is 2.35. The van der Waals surface area contributed by atoms with E-state index < -0.39 is 0 Å². The minimum absolute atomic E-state index is 0.0406. The minimum Gasteiger partial charge on any atom is -0.504 e. The second-order valence-electron chi connectivity index (χ2n) is 3.11. The van der Waals surface area contributed by atoms with E-state index in [1.807, 2.05) is 25.1 Å². The summed E-state index contributed by atoms with van der Waals surface area (Å²) in [6, 6.07) is 9.02. The molecule has 66 valence electrons. The summed E-state index contributed by atoms with van der Waals surface area (Å²) in [4.78, 5) is 0. The SMILES string of the molecule is Cc1cc(O)c(O)c2ccccc12. The zero-order valence-electron chi connectivity index (χ0n) is 7.28. The summed E-state index contributed by atoms with van der Waals surface area (Å²) in [5.41, 5.74) is 0.964. The average molecular weight is 174 g/mol. The van der Waals surface area contributed by atoms with E-state index in [2.05, 4.69) is 0 Å². The molecular weight excluding hydrogens is 164 g/mol. The van der Waals surface area contributed by atoms with E-state index in [1.54, 1.807) is 12.1 Å². The lowest BCUT2D eigenvalue weighted by atomic mass is 10.0. The first kappa shape index (κ1) is 7.92. The van der Waals surface area contributed by atoms with E-state index in [0.717, 1.165) is 10.9 Å². The molecule has 0 unspecified atom stereocenters. The summed E-state index contributed by atoms with van der Waals surface area (Å²) in [5, 5.41) is 20.5. The van der Waals surface area contributed by atoms with Gasteiger partial charge < -0.3 is 10.2 Å². The Morgan fingerprint density at radius 3 is 2.31 bits per heavy atom. The molecule has 2 rings (SSSR count). The van der Waals surface area contributed by atoms with E-state index in [-0.39, 0.29) is 11.5 Å². The van der Waals surface area contributed by atoms with E-state index in [9.17, 15) is 10.2 Å². The molecule has 0 saturated carbocycles. The molecule has 0 saturated heterocycles. The Balaban J connectivity index is 2.97. The van der Waals surface area contributed by atoms with Gasteiger partial charge in [0.2, 0.25) is 0 Å². The molecule has 0 heterocycles. The first-order valence-electron chi connectivity index (χ1n) is 4.10. The van der Waals surface area contributed by atoms with E-state index in [0.29, 0.717) is 5.39 Å². The van der Waals surface area contributed by atoms with Crippen molar-refractivity contribution < 1.29 is 10.2 Å². The van der Waals surface area contributed by atoms with Gasteiger partial charge in [0, 0.05) is 5.39 Å². The predicted octanol–water partition coefficient (Wildman–Crippen LogP) is 2.56. The van der Waals surface area contributed by atoms with Gasteiger partial charge in [0.15, 0.2) is 11.5 Å². The van der Waals surface area contributed by atoms with Gasteiger partial charge >= 0.3 is 0 Å². The van der Waals surface area contributed by atoms with Crippen LogP contribution in [0.15, 0.2) is 30.3 Å². The third-order valence-corrected chi connectivity index (χ3v) is 2.20. The summed E-state index contributed by atoms with van der Waals surface area (Å²) < 4.78 is 0. The Labute approximate surface area is 76.1 Å². The van der Waals surface area contributed by atoms with Crippen molar-refractivity contribution >= 4 is 10.8 Å². The number of hydrogen-bond acceptors (Lipinski definition) is 2. The van der Waals surface area contributed by atoms with Crippen molar-refractivity contribution in [2.45, 2.75) is 6.92 Å². The summed E-state index contributed by atoms with van der Waals surface area (Å²) in [6.07, 6.45) is 0. The maximum atomic E-state index is 9.53. The van der Waals surface area contributed by atoms with Crippen molar-refractivity contribution in [1.29, 1.82) is 0 Å². The van der Waals surface area contributed by atoms with Gasteiger partial charge in [-0.2, -0.15) is 0 Å². The van der Waals surface area contributed by atoms with Crippen LogP contribution in [0.25, 0.3) is 10.8 Å². The molecule has 0 aliphatic rings. The number of rotatable bonds is 0. The van der Waals surface area contributed by atoms with Crippen molar-refractivity contribution in [3.8, 4) is 11.5 Å². The second kappa shape index (κ2) is 2.66.